The zero-order chi connectivity index (χ0) is 17.5. The van der Waals surface area contributed by atoms with Crippen LogP contribution in [0.2, 0.25) is 0 Å². The summed E-state index contributed by atoms with van der Waals surface area (Å²) in [6.07, 6.45) is 1.71. The molecule has 24 heavy (non-hydrogen) atoms. The quantitative estimate of drug-likeness (QED) is 0.475. The van der Waals surface area contributed by atoms with Crippen molar-refractivity contribution in [1.29, 1.82) is 0 Å². The lowest BCUT2D eigenvalue weighted by Crippen LogP contribution is -2.17. The smallest absolute Gasteiger partial charge is 0.324 e. The van der Waals surface area contributed by atoms with Gasteiger partial charge in [-0.05, 0) is 30.3 Å². The SMILES string of the molecule is CCC(=O)Nc1ccc(C(=O)NN=Cc2ccc([N+](=O)[O-])s2)cc1. The zero-order valence-electron chi connectivity index (χ0n) is 12.7. The maximum atomic E-state index is 11.9. The van der Waals surface area contributed by atoms with Crippen molar-refractivity contribution in [2.24, 2.45) is 5.10 Å². The molecular weight excluding hydrogens is 332 g/mol. The molecule has 0 spiro atoms. The van der Waals surface area contributed by atoms with Crippen LogP contribution in [0.25, 0.3) is 0 Å². The molecule has 2 N–H and O–H groups in total. The van der Waals surface area contributed by atoms with Crippen LogP contribution in [0.4, 0.5) is 10.7 Å². The van der Waals surface area contributed by atoms with Gasteiger partial charge in [-0.2, -0.15) is 5.10 Å². The van der Waals surface area contributed by atoms with Crippen LogP contribution in [0.5, 0.6) is 0 Å². The van der Waals surface area contributed by atoms with Crippen molar-refractivity contribution in [1.82, 2.24) is 5.43 Å². The molecule has 0 bridgehead atoms. The second-order valence-electron chi connectivity index (χ2n) is 4.61. The molecular formula is C15H14N4O4S. The zero-order valence-corrected chi connectivity index (χ0v) is 13.5. The minimum Gasteiger partial charge on any atom is -0.326 e. The summed E-state index contributed by atoms with van der Waals surface area (Å²) in [6, 6.07) is 9.28. The topological polar surface area (TPSA) is 114 Å². The second-order valence-corrected chi connectivity index (χ2v) is 5.71. The highest BCUT2D eigenvalue weighted by molar-refractivity contribution is 7.16. The number of nitrogens with one attached hydrogen (secondary N) is 2. The van der Waals surface area contributed by atoms with E-state index < -0.39 is 10.8 Å². The van der Waals surface area contributed by atoms with Crippen molar-refractivity contribution < 1.29 is 14.5 Å². The Hall–Kier alpha value is -3.07. The maximum absolute atomic E-state index is 11.9. The normalized spacial score (nSPS) is 10.5. The molecule has 0 aliphatic carbocycles. The van der Waals surface area contributed by atoms with Gasteiger partial charge >= 0.3 is 5.00 Å². The molecule has 2 aromatic rings. The lowest BCUT2D eigenvalue weighted by atomic mass is 10.2. The summed E-state index contributed by atoms with van der Waals surface area (Å²) in [6.45, 7) is 1.75. The van der Waals surface area contributed by atoms with E-state index in [-0.39, 0.29) is 10.9 Å². The Balaban J connectivity index is 1.93. The molecule has 1 aromatic carbocycles. The Morgan fingerprint density at radius 3 is 2.54 bits per heavy atom. The van der Waals surface area contributed by atoms with E-state index in [1.54, 1.807) is 37.3 Å². The van der Waals surface area contributed by atoms with Crippen molar-refractivity contribution in [3.63, 3.8) is 0 Å². The van der Waals surface area contributed by atoms with E-state index in [2.05, 4.69) is 15.8 Å². The highest BCUT2D eigenvalue weighted by Gasteiger charge is 2.08. The number of nitrogens with zero attached hydrogens (tertiary/aromatic N) is 2. The van der Waals surface area contributed by atoms with Crippen LogP contribution in [0, 0.1) is 10.1 Å². The minimum atomic E-state index is -0.487. The average molecular weight is 346 g/mol. The van der Waals surface area contributed by atoms with Crippen LogP contribution in [0.15, 0.2) is 41.5 Å². The summed E-state index contributed by atoms with van der Waals surface area (Å²) in [5.41, 5.74) is 3.32. The highest BCUT2D eigenvalue weighted by Crippen LogP contribution is 2.22. The third-order valence-electron chi connectivity index (χ3n) is 2.90. The Morgan fingerprint density at radius 1 is 1.25 bits per heavy atom. The molecule has 124 valence electrons. The Kier molecular flexibility index (Phi) is 5.74. The standard InChI is InChI=1S/C15H14N4O4S/c1-2-13(20)17-11-5-3-10(4-6-11)15(21)18-16-9-12-7-8-14(24-12)19(22)23/h3-9H,2H2,1H3,(H,17,20)(H,18,21). The van der Waals surface area contributed by atoms with Gasteiger partial charge in [0, 0.05) is 23.7 Å². The second kappa shape index (κ2) is 7.97. The number of benzene rings is 1. The van der Waals surface area contributed by atoms with Gasteiger partial charge in [0.25, 0.3) is 5.91 Å². The van der Waals surface area contributed by atoms with E-state index in [0.29, 0.717) is 22.5 Å². The summed E-state index contributed by atoms with van der Waals surface area (Å²) < 4.78 is 0. The van der Waals surface area contributed by atoms with Gasteiger partial charge in [-0.25, -0.2) is 5.43 Å². The third-order valence-corrected chi connectivity index (χ3v) is 3.87. The van der Waals surface area contributed by atoms with Crippen LogP contribution in [0.3, 0.4) is 0 Å². The number of thiophene rings is 1. The van der Waals surface area contributed by atoms with Gasteiger partial charge in [0.15, 0.2) is 0 Å². The summed E-state index contributed by atoms with van der Waals surface area (Å²) >= 11 is 0.958. The van der Waals surface area contributed by atoms with E-state index >= 15 is 0 Å². The lowest BCUT2D eigenvalue weighted by Gasteiger charge is -2.04. The number of amides is 2. The molecule has 9 heteroatoms. The molecule has 2 amide bonds. The van der Waals surface area contributed by atoms with E-state index in [4.69, 9.17) is 0 Å². The molecule has 0 aliphatic rings. The fourth-order valence-electron chi connectivity index (χ4n) is 1.68. The summed E-state index contributed by atoms with van der Waals surface area (Å²) in [7, 11) is 0. The first-order chi connectivity index (χ1) is 11.5. The molecule has 2 rings (SSSR count). The number of carbonyl (C=O) groups is 2. The van der Waals surface area contributed by atoms with Gasteiger partial charge in [0.1, 0.15) is 0 Å². The predicted molar refractivity (Wildman–Crippen MR) is 91.4 cm³/mol. The van der Waals surface area contributed by atoms with Crippen LogP contribution < -0.4 is 10.7 Å². The van der Waals surface area contributed by atoms with E-state index in [0.717, 1.165) is 11.3 Å². The number of nitro groups is 1. The third kappa shape index (κ3) is 4.71. The average Bonchev–Trinajstić information content (AvgIpc) is 3.04. The van der Waals surface area contributed by atoms with Crippen molar-refractivity contribution in [3.8, 4) is 0 Å². The summed E-state index contributed by atoms with van der Waals surface area (Å²) in [5, 5.41) is 17.0. The van der Waals surface area contributed by atoms with Gasteiger partial charge in [0.05, 0.1) is 16.0 Å². The van der Waals surface area contributed by atoms with Crippen LogP contribution in [0.1, 0.15) is 28.6 Å². The molecule has 0 saturated carbocycles. The Morgan fingerprint density at radius 2 is 1.96 bits per heavy atom. The fraction of sp³-hybridized carbons (Fsp3) is 0.133. The van der Waals surface area contributed by atoms with Crippen LogP contribution in [-0.4, -0.2) is 23.0 Å². The molecule has 0 aliphatic heterocycles. The van der Waals surface area contributed by atoms with Crippen molar-refractivity contribution in [3.05, 3.63) is 57.0 Å². The van der Waals surface area contributed by atoms with Crippen LogP contribution >= 0.6 is 11.3 Å². The number of anilines is 1. The molecule has 8 nitrogen and oxygen atoms in total. The largest absolute Gasteiger partial charge is 0.326 e. The molecule has 0 radical (unpaired) electrons. The summed E-state index contributed by atoms with van der Waals surface area (Å²) in [4.78, 5) is 33.8. The lowest BCUT2D eigenvalue weighted by molar-refractivity contribution is -0.380. The first-order valence-electron chi connectivity index (χ1n) is 6.97. The summed E-state index contributed by atoms with van der Waals surface area (Å²) in [5.74, 6) is -0.535. The molecule has 0 fully saturated rings. The number of hydrazone groups is 1. The van der Waals surface area contributed by atoms with Gasteiger partial charge in [-0.15, -0.1) is 0 Å². The molecule has 0 saturated heterocycles. The van der Waals surface area contributed by atoms with E-state index in [9.17, 15) is 19.7 Å². The van der Waals surface area contributed by atoms with E-state index in [1.165, 1.54) is 12.3 Å². The first kappa shape index (κ1) is 17.3. The molecule has 1 heterocycles. The van der Waals surface area contributed by atoms with Gasteiger partial charge in [0.2, 0.25) is 5.91 Å². The van der Waals surface area contributed by atoms with Gasteiger partial charge < -0.3 is 5.32 Å². The fourth-order valence-corrected chi connectivity index (χ4v) is 2.38. The maximum Gasteiger partial charge on any atom is 0.324 e. The minimum absolute atomic E-state index is 0.00694. The number of carbonyl (C=O) groups excluding carboxylic acids is 2. The highest BCUT2D eigenvalue weighted by atomic mass is 32.1. The van der Waals surface area contributed by atoms with E-state index in [1.807, 2.05) is 0 Å². The Labute approximate surface area is 141 Å². The van der Waals surface area contributed by atoms with Crippen molar-refractivity contribution in [2.45, 2.75) is 13.3 Å². The van der Waals surface area contributed by atoms with Crippen LogP contribution in [-0.2, 0) is 4.79 Å². The van der Waals surface area contributed by atoms with Gasteiger partial charge in [-0.1, -0.05) is 18.3 Å². The first-order valence-corrected chi connectivity index (χ1v) is 7.78. The molecule has 0 atom stereocenters. The number of hydrogen-bond donors (Lipinski definition) is 2. The van der Waals surface area contributed by atoms with Crippen molar-refractivity contribution >= 4 is 40.1 Å². The van der Waals surface area contributed by atoms with Gasteiger partial charge in [-0.3, -0.25) is 19.7 Å². The monoisotopic (exact) mass is 346 g/mol. The van der Waals surface area contributed by atoms with Crippen molar-refractivity contribution in [2.75, 3.05) is 5.32 Å². The molecule has 0 unspecified atom stereocenters. The Bertz CT molecular complexity index is 783. The molecule has 1 aromatic heterocycles. The predicted octanol–water partition coefficient (Wildman–Crippen LogP) is 2.77. The number of hydrogen-bond acceptors (Lipinski definition) is 6. The number of rotatable bonds is 6.